The van der Waals surface area contributed by atoms with E-state index in [0.29, 0.717) is 29.2 Å². The average Bonchev–Trinajstić information content (AvgIpc) is 3.47. The van der Waals surface area contributed by atoms with Crippen LogP contribution in [0, 0.1) is 11.6 Å². The molecule has 1 saturated heterocycles. The SMILES string of the molecule is COCCN1CCN(c2n[nH]c3nccc(Oc4ccc(NC(=O)c5ccnn(-c6ccc(F)cc6)c5=O)cc4F)c23)CC1. The summed E-state index contributed by atoms with van der Waals surface area (Å²) in [4.78, 5) is 34.7. The van der Waals surface area contributed by atoms with Crippen molar-refractivity contribution < 1.29 is 23.0 Å². The van der Waals surface area contributed by atoms with Crippen molar-refractivity contribution in [2.24, 2.45) is 0 Å². The van der Waals surface area contributed by atoms with E-state index in [1.807, 2.05) is 0 Å². The molecule has 0 aliphatic carbocycles. The summed E-state index contributed by atoms with van der Waals surface area (Å²) in [6, 6.07) is 11.9. The molecule has 0 bridgehead atoms. The Bertz CT molecular complexity index is 1850. The van der Waals surface area contributed by atoms with Crippen LogP contribution in [0.2, 0.25) is 0 Å². The number of anilines is 2. The highest BCUT2D eigenvalue weighted by Crippen LogP contribution is 2.36. The van der Waals surface area contributed by atoms with Crippen LogP contribution in [0.1, 0.15) is 10.4 Å². The maximum atomic E-state index is 15.3. The summed E-state index contributed by atoms with van der Waals surface area (Å²) in [5, 5.41) is 14.5. The first-order valence-corrected chi connectivity index (χ1v) is 13.8. The van der Waals surface area contributed by atoms with Gasteiger partial charge in [0.15, 0.2) is 23.0 Å². The highest BCUT2D eigenvalue weighted by Gasteiger charge is 2.24. The van der Waals surface area contributed by atoms with Gasteiger partial charge in [0.2, 0.25) is 0 Å². The molecule has 2 N–H and O–H groups in total. The Labute approximate surface area is 249 Å². The van der Waals surface area contributed by atoms with Crippen molar-refractivity contribution in [3.8, 4) is 17.2 Å². The maximum Gasteiger partial charge on any atom is 0.284 e. The van der Waals surface area contributed by atoms with Gasteiger partial charge in [0, 0.05) is 70.0 Å². The number of rotatable bonds is 9. The number of carbonyl (C=O) groups excluding carboxylic acids is 1. The third kappa shape index (κ3) is 5.98. The van der Waals surface area contributed by atoms with Gasteiger partial charge in [0.25, 0.3) is 11.5 Å². The topological polar surface area (TPSA) is 130 Å². The van der Waals surface area contributed by atoms with Gasteiger partial charge in [0.05, 0.1) is 12.3 Å². The van der Waals surface area contributed by atoms with E-state index in [-0.39, 0.29) is 22.7 Å². The van der Waals surface area contributed by atoms with Crippen LogP contribution in [0.3, 0.4) is 0 Å². The predicted octanol–water partition coefficient (Wildman–Crippen LogP) is 3.60. The van der Waals surface area contributed by atoms with Crippen LogP contribution < -0.4 is 20.5 Å². The predicted molar refractivity (Wildman–Crippen MR) is 159 cm³/mol. The molecule has 0 unspecified atom stereocenters. The highest BCUT2D eigenvalue weighted by atomic mass is 19.1. The van der Waals surface area contributed by atoms with Gasteiger partial charge in [0.1, 0.15) is 22.5 Å². The maximum absolute atomic E-state index is 15.3. The number of aromatic nitrogens is 5. The number of amides is 1. The van der Waals surface area contributed by atoms with E-state index >= 15 is 4.39 Å². The second-order valence-corrected chi connectivity index (χ2v) is 10.0. The number of hydrogen-bond acceptors (Lipinski definition) is 9. The van der Waals surface area contributed by atoms with Gasteiger partial charge < -0.3 is 19.7 Å². The first-order chi connectivity index (χ1) is 21.4. The molecule has 0 atom stereocenters. The number of nitrogens with zero attached hydrogens (tertiary/aromatic N) is 6. The number of nitrogens with one attached hydrogen (secondary N) is 2. The molecule has 6 rings (SSSR count). The highest BCUT2D eigenvalue weighted by molar-refractivity contribution is 6.04. The molecule has 1 aliphatic rings. The molecule has 4 heterocycles. The molecule has 1 fully saturated rings. The zero-order valence-corrected chi connectivity index (χ0v) is 23.7. The average molecular weight is 603 g/mol. The standard InChI is InChI=1S/C30H28F2N8O4/c1-43-17-16-38-12-14-39(15-13-38)28-26-25(9-10-33-27(26)36-37-28)44-24-7-4-20(18-23(24)32)35-29(41)22-8-11-34-40(30(22)42)21-5-2-19(31)3-6-21/h2-11,18H,12-17H2,1H3,(H,35,41)(H,33,36,37). The summed E-state index contributed by atoms with van der Waals surface area (Å²) in [5.74, 6) is -1.01. The Kier molecular flexibility index (Phi) is 8.25. The Morgan fingerprint density at radius 2 is 1.80 bits per heavy atom. The summed E-state index contributed by atoms with van der Waals surface area (Å²) in [5.41, 5.74) is -0.0388. The normalized spacial score (nSPS) is 13.8. The third-order valence-corrected chi connectivity index (χ3v) is 7.26. The minimum absolute atomic E-state index is 0.0744. The van der Waals surface area contributed by atoms with Gasteiger partial charge in [-0.1, -0.05) is 0 Å². The lowest BCUT2D eigenvalue weighted by molar-refractivity contribution is 0.102. The van der Waals surface area contributed by atoms with Gasteiger partial charge in [-0.15, -0.1) is 0 Å². The Hall–Kier alpha value is -5.21. The first kappa shape index (κ1) is 28.9. The summed E-state index contributed by atoms with van der Waals surface area (Å²) in [6.45, 7) is 4.70. The molecule has 1 aliphatic heterocycles. The van der Waals surface area contributed by atoms with Crippen molar-refractivity contribution in [2.45, 2.75) is 0 Å². The Balaban J connectivity index is 1.18. The van der Waals surface area contributed by atoms with E-state index in [9.17, 15) is 14.0 Å². The zero-order chi connectivity index (χ0) is 30.6. The van der Waals surface area contributed by atoms with Gasteiger partial charge >= 0.3 is 0 Å². The number of H-pyrrole nitrogens is 1. The van der Waals surface area contributed by atoms with E-state index < -0.39 is 23.1 Å². The molecule has 44 heavy (non-hydrogen) atoms. The monoisotopic (exact) mass is 602 g/mol. The first-order valence-electron chi connectivity index (χ1n) is 13.8. The fourth-order valence-electron chi connectivity index (χ4n) is 4.95. The number of pyridine rings is 1. The molecule has 5 aromatic rings. The molecule has 0 spiro atoms. The quantitative estimate of drug-likeness (QED) is 0.260. The summed E-state index contributed by atoms with van der Waals surface area (Å²) < 4.78 is 40.7. The molecule has 12 nitrogen and oxygen atoms in total. The summed E-state index contributed by atoms with van der Waals surface area (Å²) in [6.07, 6.45) is 2.82. The lowest BCUT2D eigenvalue weighted by Crippen LogP contribution is -2.47. The largest absolute Gasteiger partial charge is 0.453 e. The Morgan fingerprint density at radius 1 is 1.00 bits per heavy atom. The minimum Gasteiger partial charge on any atom is -0.453 e. The molecule has 3 aromatic heterocycles. The number of halogens is 2. The summed E-state index contributed by atoms with van der Waals surface area (Å²) >= 11 is 0. The number of carbonyl (C=O) groups is 1. The van der Waals surface area contributed by atoms with Crippen LogP contribution in [0.15, 0.2) is 71.8 Å². The van der Waals surface area contributed by atoms with Crippen molar-refractivity contribution in [1.82, 2.24) is 29.9 Å². The second kappa shape index (κ2) is 12.6. The van der Waals surface area contributed by atoms with E-state index in [4.69, 9.17) is 9.47 Å². The second-order valence-electron chi connectivity index (χ2n) is 10.0. The van der Waals surface area contributed by atoms with E-state index in [0.717, 1.165) is 43.5 Å². The van der Waals surface area contributed by atoms with E-state index in [1.54, 1.807) is 19.4 Å². The van der Waals surface area contributed by atoms with Crippen LogP contribution in [0.25, 0.3) is 16.7 Å². The zero-order valence-electron chi connectivity index (χ0n) is 23.7. The Morgan fingerprint density at radius 3 is 2.55 bits per heavy atom. The van der Waals surface area contributed by atoms with Crippen LogP contribution in [-0.4, -0.2) is 82.2 Å². The van der Waals surface area contributed by atoms with Crippen molar-refractivity contribution in [1.29, 1.82) is 0 Å². The van der Waals surface area contributed by atoms with Gasteiger partial charge in [-0.25, -0.2) is 13.8 Å². The van der Waals surface area contributed by atoms with Crippen LogP contribution >= 0.6 is 0 Å². The van der Waals surface area contributed by atoms with Crippen LogP contribution in [0.5, 0.6) is 11.5 Å². The molecule has 0 saturated carbocycles. The number of ether oxygens (including phenoxy) is 2. The van der Waals surface area contributed by atoms with Gasteiger partial charge in [-0.2, -0.15) is 14.9 Å². The fourth-order valence-corrected chi connectivity index (χ4v) is 4.95. The molecular formula is C30H28F2N8O4. The van der Waals surface area contributed by atoms with Crippen molar-refractivity contribution in [3.63, 3.8) is 0 Å². The smallest absolute Gasteiger partial charge is 0.284 e. The third-order valence-electron chi connectivity index (χ3n) is 7.26. The molecule has 226 valence electrons. The number of fused-ring (bicyclic) bond motifs is 1. The fraction of sp³-hybridized carbons (Fsp3) is 0.233. The van der Waals surface area contributed by atoms with Crippen LogP contribution in [-0.2, 0) is 4.74 Å². The van der Waals surface area contributed by atoms with Crippen molar-refractivity contribution >= 4 is 28.4 Å². The van der Waals surface area contributed by atoms with Crippen molar-refractivity contribution in [2.75, 3.05) is 56.7 Å². The van der Waals surface area contributed by atoms with E-state index in [1.165, 1.54) is 48.7 Å². The molecular weight excluding hydrogens is 574 g/mol. The number of benzene rings is 2. The van der Waals surface area contributed by atoms with Crippen LogP contribution in [0.4, 0.5) is 20.3 Å². The summed E-state index contributed by atoms with van der Waals surface area (Å²) in [7, 11) is 1.69. The minimum atomic E-state index is -0.762. The van der Waals surface area contributed by atoms with E-state index in [2.05, 4.69) is 35.4 Å². The lowest BCUT2D eigenvalue weighted by atomic mass is 10.2. The number of piperazine rings is 1. The molecule has 1 amide bonds. The number of hydrogen-bond donors (Lipinski definition) is 2. The lowest BCUT2D eigenvalue weighted by Gasteiger charge is -2.34. The van der Waals surface area contributed by atoms with Crippen molar-refractivity contribution in [3.05, 3.63) is 94.5 Å². The van der Waals surface area contributed by atoms with Gasteiger partial charge in [-0.05, 0) is 42.5 Å². The number of aromatic amines is 1. The molecule has 2 aromatic carbocycles. The number of methoxy groups -OCH3 is 1. The molecule has 14 heteroatoms. The molecule has 0 radical (unpaired) electrons. The van der Waals surface area contributed by atoms with Gasteiger partial charge in [-0.3, -0.25) is 19.6 Å².